The number of ether oxygens (including phenoxy) is 1. The summed E-state index contributed by atoms with van der Waals surface area (Å²) >= 11 is 0. The molecule has 0 aliphatic rings. The number of hydrogen-bond acceptors (Lipinski definition) is 4. The molecule has 5 nitrogen and oxygen atoms in total. The van der Waals surface area contributed by atoms with Crippen molar-refractivity contribution in [2.75, 3.05) is 7.11 Å². The quantitative estimate of drug-likeness (QED) is 0.801. The second-order valence-electron chi connectivity index (χ2n) is 4.91. The first-order chi connectivity index (χ1) is 9.45. The molecule has 2 aromatic rings. The van der Waals surface area contributed by atoms with Crippen LogP contribution in [0.25, 0.3) is 0 Å². The van der Waals surface area contributed by atoms with E-state index < -0.39 is 0 Å². The van der Waals surface area contributed by atoms with Gasteiger partial charge in [0.05, 0.1) is 31.0 Å². The maximum absolute atomic E-state index is 12.4. The summed E-state index contributed by atoms with van der Waals surface area (Å²) in [6.07, 6.45) is 3.61. The zero-order chi connectivity index (χ0) is 14.9. The third kappa shape index (κ3) is 2.43. The molecule has 5 heteroatoms. The Hall–Kier alpha value is -2.17. The van der Waals surface area contributed by atoms with E-state index in [-0.39, 0.29) is 12.2 Å². The highest BCUT2D eigenvalue weighted by Crippen LogP contribution is 2.25. The molecule has 0 radical (unpaired) electrons. The lowest BCUT2D eigenvalue weighted by molar-refractivity contribution is 0.0991. The summed E-state index contributed by atoms with van der Waals surface area (Å²) in [7, 11) is 3.46. The van der Waals surface area contributed by atoms with Gasteiger partial charge in [-0.1, -0.05) is 0 Å². The van der Waals surface area contributed by atoms with E-state index in [2.05, 4.69) is 10.1 Å². The van der Waals surface area contributed by atoms with E-state index in [4.69, 9.17) is 4.74 Å². The molecule has 0 unspecified atom stereocenters. The minimum Gasteiger partial charge on any atom is -0.496 e. The summed E-state index contributed by atoms with van der Waals surface area (Å²) < 4.78 is 7.06. The molecular weight excluding hydrogens is 254 g/mol. The van der Waals surface area contributed by atoms with Crippen molar-refractivity contribution in [3.63, 3.8) is 0 Å². The van der Waals surface area contributed by atoms with Gasteiger partial charge in [-0.05, 0) is 20.8 Å². The molecular formula is C15H19N3O2. The summed E-state index contributed by atoms with van der Waals surface area (Å²) in [6.45, 7) is 5.75. The fourth-order valence-electron chi connectivity index (χ4n) is 2.27. The number of nitrogens with zero attached hydrogens (tertiary/aromatic N) is 3. The second kappa shape index (κ2) is 5.45. The molecule has 0 atom stereocenters. The van der Waals surface area contributed by atoms with Crippen molar-refractivity contribution in [1.82, 2.24) is 14.8 Å². The van der Waals surface area contributed by atoms with Crippen molar-refractivity contribution in [1.29, 1.82) is 0 Å². The van der Waals surface area contributed by atoms with E-state index in [1.54, 1.807) is 24.2 Å². The number of aryl methyl sites for hydroxylation is 2. The number of hydrogen-bond donors (Lipinski definition) is 0. The van der Waals surface area contributed by atoms with E-state index in [1.165, 1.54) is 0 Å². The maximum Gasteiger partial charge on any atom is 0.172 e. The largest absolute Gasteiger partial charge is 0.496 e. The molecule has 0 aliphatic carbocycles. The average molecular weight is 273 g/mol. The highest BCUT2D eigenvalue weighted by Gasteiger charge is 2.17. The Morgan fingerprint density at radius 3 is 2.55 bits per heavy atom. The van der Waals surface area contributed by atoms with E-state index in [9.17, 15) is 4.79 Å². The number of carbonyl (C=O) groups excluding carboxylic acids is 1. The predicted octanol–water partition coefficient (Wildman–Crippen LogP) is 2.17. The Morgan fingerprint density at radius 2 is 2.00 bits per heavy atom. The van der Waals surface area contributed by atoms with Crippen LogP contribution in [-0.2, 0) is 13.5 Å². The number of pyridine rings is 1. The second-order valence-corrected chi connectivity index (χ2v) is 4.91. The molecule has 2 rings (SSSR count). The van der Waals surface area contributed by atoms with E-state index in [0.29, 0.717) is 5.56 Å². The SMILES string of the molecule is COc1c(C)cnc(CC(=O)c2cnn(C)c2C)c1C. The normalized spacial score (nSPS) is 10.7. The molecule has 0 N–H and O–H groups in total. The molecule has 2 heterocycles. The van der Waals surface area contributed by atoms with Crippen molar-refractivity contribution >= 4 is 5.78 Å². The zero-order valence-corrected chi connectivity index (χ0v) is 12.5. The van der Waals surface area contributed by atoms with Gasteiger partial charge in [-0.3, -0.25) is 14.5 Å². The van der Waals surface area contributed by atoms with Gasteiger partial charge in [-0.25, -0.2) is 0 Å². The van der Waals surface area contributed by atoms with Crippen LogP contribution in [0.4, 0.5) is 0 Å². The topological polar surface area (TPSA) is 57.0 Å². The summed E-state index contributed by atoms with van der Waals surface area (Å²) in [5, 5.41) is 4.10. The molecule has 0 spiro atoms. The number of Topliss-reactive ketones (excluding diaryl/α,β-unsaturated/α-hetero) is 1. The molecule has 106 valence electrons. The lowest BCUT2D eigenvalue weighted by Crippen LogP contribution is -2.09. The van der Waals surface area contributed by atoms with Crippen LogP contribution in [-0.4, -0.2) is 27.7 Å². The van der Waals surface area contributed by atoms with Gasteiger partial charge in [0.1, 0.15) is 5.75 Å². The third-order valence-corrected chi connectivity index (χ3v) is 3.61. The van der Waals surface area contributed by atoms with E-state index in [0.717, 1.165) is 28.3 Å². The first-order valence-corrected chi connectivity index (χ1v) is 6.46. The molecule has 0 fully saturated rings. The van der Waals surface area contributed by atoms with Crippen molar-refractivity contribution in [2.45, 2.75) is 27.2 Å². The van der Waals surface area contributed by atoms with Crippen molar-refractivity contribution in [3.05, 3.63) is 40.5 Å². The predicted molar refractivity (Wildman–Crippen MR) is 76.2 cm³/mol. The van der Waals surface area contributed by atoms with Gasteiger partial charge in [-0.15, -0.1) is 0 Å². The maximum atomic E-state index is 12.4. The number of carbonyl (C=O) groups is 1. The van der Waals surface area contributed by atoms with Crippen molar-refractivity contribution in [2.24, 2.45) is 7.05 Å². The highest BCUT2D eigenvalue weighted by molar-refractivity contribution is 5.98. The molecule has 0 bridgehead atoms. The lowest BCUT2D eigenvalue weighted by Gasteiger charge is -2.11. The Balaban J connectivity index is 2.31. The van der Waals surface area contributed by atoms with E-state index in [1.807, 2.05) is 27.8 Å². The number of rotatable bonds is 4. The molecule has 2 aromatic heterocycles. The van der Waals surface area contributed by atoms with Crippen molar-refractivity contribution < 1.29 is 9.53 Å². The third-order valence-electron chi connectivity index (χ3n) is 3.61. The van der Waals surface area contributed by atoms with Gasteiger partial charge in [0, 0.05) is 30.1 Å². The van der Waals surface area contributed by atoms with Crippen LogP contribution < -0.4 is 4.74 Å². The van der Waals surface area contributed by atoms with Crippen LogP contribution in [0, 0.1) is 20.8 Å². The van der Waals surface area contributed by atoms with Gasteiger partial charge in [0.25, 0.3) is 0 Å². The summed E-state index contributed by atoms with van der Waals surface area (Å²) in [6, 6.07) is 0. The fraction of sp³-hybridized carbons (Fsp3) is 0.400. The Bertz CT molecular complexity index is 659. The summed E-state index contributed by atoms with van der Waals surface area (Å²) in [5.41, 5.74) is 4.15. The minimum atomic E-state index is 0.0251. The van der Waals surface area contributed by atoms with Crippen LogP contribution in [0.5, 0.6) is 5.75 Å². The number of methoxy groups -OCH3 is 1. The van der Waals surface area contributed by atoms with Crippen LogP contribution in [0.2, 0.25) is 0 Å². The molecule has 0 saturated heterocycles. The smallest absolute Gasteiger partial charge is 0.172 e. The Kier molecular flexibility index (Phi) is 3.88. The average Bonchev–Trinajstić information content (AvgIpc) is 2.74. The minimum absolute atomic E-state index is 0.0251. The van der Waals surface area contributed by atoms with Gasteiger partial charge < -0.3 is 4.74 Å². The van der Waals surface area contributed by atoms with Gasteiger partial charge in [-0.2, -0.15) is 5.10 Å². The van der Waals surface area contributed by atoms with E-state index >= 15 is 0 Å². The van der Waals surface area contributed by atoms with Crippen LogP contribution in [0.3, 0.4) is 0 Å². The highest BCUT2D eigenvalue weighted by atomic mass is 16.5. The monoisotopic (exact) mass is 273 g/mol. The van der Waals surface area contributed by atoms with Crippen molar-refractivity contribution in [3.8, 4) is 5.75 Å². The van der Waals surface area contributed by atoms with Gasteiger partial charge in [0.2, 0.25) is 0 Å². The molecule has 0 aromatic carbocycles. The molecule has 0 saturated carbocycles. The van der Waals surface area contributed by atoms with Gasteiger partial charge >= 0.3 is 0 Å². The molecule has 0 amide bonds. The van der Waals surface area contributed by atoms with Crippen LogP contribution in [0.1, 0.15) is 32.9 Å². The number of ketones is 1. The first kappa shape index (κ1) is 14.2. The lowest BCUT2D eigenvalue weighted by atomic mass is 10.0. The molecule has 20 heavy (non-hydrogen) atoms. The zero-order valence-electron chi connectivity index (χ0n) is 12.5. The summed E-state index contributed by atoms with van der Waals surface area (Å²) in [5.74, 6) is 0.822. The van der Waals surface area contributed by atoms with Gasteiger partial charge in [0.15, 0.2) is 5.78 Å². The van der Waals surface area contributed by atoms with Crippen LogP contribution >= 0.6 is 0 Å². The number of aromatic nitrogens is 3. The molecule has 0 aliphatic heterocycles. The Labute approximate surface area is 118 Å². The van der Waals surface area contributed by atoms with Crippen LogP contribution in [0.15, 0.2) is 12.4 Å². The standard InChI is InChI=1S/C15H19N3O2/c1-9-7-16-13(10(2)15(9)20-5)6-14(19)12-8-17-18(4)11(12)3/h7-8H,6H2,1-5H3. The summed E-state index contributed by atoms with van der Waals surface area (Å²) in [4.78, 5) is 16.7. The Morgan fingerprint density at radius 1 is 1.30 bits per heavy atom. The fourth-order valence-corrected chi connectivity index (χ4v) is 2.27. The first-order valence-electron chi connectivity index (χ1n) is 6.46.